The van der Waals surface area contributed by atoms with Gasteiger partial charge in [-0.25, -0.2) is 9.97 Å². The first-order valence-corrected chi connectivity index (χ1v) is 11.1. The topological polar surface area (TPSA) is 73.1 Å². The number of rotatable bonds is 6. The molecular weight excluding hydrogens is 447 g/mol. The molecule has 0 spiro atoms. The van der Waals surface area contributed by atoms with Crippen molar-refractivity contribution in [3.8, 4) is 16.9 Å². The van der Waals surface area contributed by atoms with Crippen LogP contribution in [0.25, 0.3) is 11.1 Å². The Morgan fingerprint density at radius 1 is 1.21 bits per heavy atom. The highest BCUT2D eigenvalue weighted by Crippen LogP contribution is 2.37. The molecule has 1 saturated heterocycles. The fourth-order valence-corrected chi connectivity index (χ4v) is 4.21. The molecule has 180 valence electrons. The Labute approximate surface area is 195 Å². The van der Waals surface area contributed by atoms with E-state index in [0.29, 0.717) is 61.5 Å². The summed E-state index contributed by atoms with van der Waals surface area (Å²) in [6.45, 7) is 3.31. The molecule has 7 nitrogen and oxygen atoms in total. The molecule has 0 unspecified atom stereocenters. The second-order valence-corrected chi connectivity index (χ2v) is 8.35. The van der Waals surface area contributed by atoms with Gasteiger partial charge in [0.25, 0.3) is 0 Å². The molecule has 2 aromatic heterocycles. The van der Waals surface area contributed by atoms with E-state index >= 15 is 0 Å². The van der Waals surface area contributed by atoms with Gasteiger partial charge < -0.3 is 9.64 Å². The van der Waals surface area contributed by atoms with Crippen LogP contribution in [0.15, 0.2) is 42.7 Å². The number of likely N-dealkylation sites (tertiary alicyclic amines) is 1. The van der Waals surface area contributed by atoms with E-state index in [1.165, 1.54) is 13.3 Å². The maximum atomic E-state index is 13.4. The van der Waals surface area contributed by atoms with Gasteiger partial charge in [0, 0.05) is 49.9 Å². The van der Waals surface area contributed by atoms with Crippen LogP contribution < -0.4 is 4.74 Å². The molecule has 0 aliphatic carbocycles. The van der Waals surface area contributed by atoms with Gasteiger partial charge in [-0.15, -0.1) is 0 Å². The van der Waals surface area contributed by atoms with E-state index in [-0.39, 0.29) is 11.8 Å². The van der Waals surface area contributed by atoms with Crippen molar-refractivity contribution in [2.75, 3.05) is 20.2 Å². The largest absolute Gasteiger partial charge is 0.497 e. The van der Waals surface area contributed by atoms with Gasteiger partial charge >= 0.3 is 6.18 Å². The van der Waals surface area contributed by atoms with Gasteiger partial charge in [0.1, 0.15) is 5.75 Å². The van der Waals surface area contributed by atoms with Crippen LogP contribution in [0, 0.1) is 6.92 Å². The van der Waals surface area contributed by atoms with Crippen molar-refractivity contribution in [1.82, 2.24) is 24.6 Å². The monoisotopic (exact) mass is 473 g/mol. The number of nitrogens with zero attached hydrogens (tertiary/aromatic N) is 5. The number of aryl methyl sites for hydroxylation is 2. The highest BCUT2D eigenvalue weighted by atomic mass is 19.4. The number of hydrogen-bond donors (Lipinski definition) is 0. The van der Waals surface area contributed by atoms with Crippen LogP contribution in [-0.4, -0.2) is 50.8 Å². The summed E-state index contributed by atoms with van der Waals surface area (Å²) >= 11 is 0. The summed E-state index contributed by atoms with van der Waals surface area (Å²) in [4.78, 5) is 22.0. The summed E-state index contributed by atoms with van der Waals surface area (Å²) in [5.41, 5.74) is 2.49. The molecule has 3 aromatic rings. The molecule has 1 aromatic carbocycles. The summed E-state index contributed by atoms with van der Waals surface area (Å²) in [6.07, 6.45) is -0.183. The smallest absolute Gasteiger partial charge is 0.451 e. The highest BCUT2D eigenvalue weighted by Gasteiger charge is 2.36. The molecule has 1 fully saturated rings. The molecule has 3 heterocycles. The van der Waals surface area contributed by atoms with Gasteiger partial charge in [0.05, 0.1) is 18.5 Å². The van der Waals surface area contributed by atoms with Crippen LogP contribution in [-0.2, 0) is 17.5 Å². The summed E-state index contributed by atoms with van der Waals surface area (Å²) in [7, 11) is 1.53. The third-order valence-electron chi connectivity index (χ3n) is 6.02. The van der Waals surface area contributed by atoms with E-state index in [1.54, 1.807) is 33.8 Å². The fourth-order valence-electron chi connectivity index (χ4n) is 4.21. The number of benzene rings is 1. The summed E-state index contributed by atoms with van der Waals surface area (Å²) < 4.78 is 47.1. The van der Waals surface area contributed by atoms with Crippen molar-refractivity contribution >= 4 is 5.91 Å². The number of carbonyl (C=O) groups excluding carboxylic acids is 1. The lowest BCUT2D eigenvalue weighted by Crippen LogP contribution is -2.38. The quantitative estimate of drug-likeness (QED) is 0.528. The fraction of sp³-hybridized carbons (Fsp3) is 0.417. The second kappa shape index (κ2) is 9.82. The van der Waals surface area contributed by atoms with E-state index in [4.69, 9.17) is 4.74 Å². The van der Waals surface area contributed by atoms with Gasteiger partial charge in [-0.3, -0.25) is 9.48 Å². The van der Waals surface area contributed by atoms with Crippen molar-refractivity contribution in [2.24, 2.45) is 0 Å². The summed E-state index contributed by atoms with van der Waals surface area (Å²) in [5, 5.41) is 4.29. The first-order chi connectivity index (χ1) is 16.2. The molecule has 1 aliphatic heterocycles. The summed E-state index contributed by atoms with van der Waals surface area (Å²) in [5.74, 6) is -0.764. The van der Waals surface area contributed by atoms with Crippen molar-refractivity contribution in [1.29, 1.82) is 0 Å². The van der Waals surface area contributed by atoms with Crippen LogP contribution in [0.3, 0.4) is 0 Å². The van der Waals surface area contributed by atoms with Crippen molar-refractivity contribution in [3.05, 3.63) is 59.9 Å². The second-order valence-electron chi connectivity index (χ2n) is 8.35. The standard InChI is InChI=1S/C24H26F3N5O2/c1-16-6-12-32(30-16)13-9-21(33)31-10-7-17(8-11-31)22-20(15-28-23(29-22)24(25,26)27)18-4-3-5-19(14-18)34-2/h3-6,12,14-15,17H,7-11,13H2,1-2H3. The molecule has 0 radical (unpaired) electrons. The normalized spacial score (nSPS) is 14.9. The zero-order valence-corrected chi connectivity index (χ0v) is 19.0. The average molecular weight is 473 g/mol. The Hall–Kier alpha value is -3.43. The number of halogens is 3. The Morgan fingerprint density at radius 3 is 2.62 bits per heavy atom. The summed E-state index contributed by atoms with van der Waals surface area (Å²) in [6, 6.07) is 8.98. The first kappa shape index (κ1) is 23.7. The van der Waals surface area contributed by atoms with Crippen molar-refractivity contribution in [2.45, 2.75) is 44.8 Å². The minimum absolute atomic E-state index is 0.0123. The number of amides is 1. The molecule has 10 heteroatoms. The minimum Gasteiger partial charge on any atom is -0.497 e. The highest BCUT2D eigenvalue weighted by molar-refractivity contribution is 5.76. The van der Waals surface area contributed by atoms with Gasteiger partial charge in [0.15, 0.2) is 0 Å². The SMILES string of the molecule is COc1cccc(-c2cnc(C(F)(F)F)nc2C2CCN(C(=O)CCn3ccc(C)n3)CC2)c1. The molecule has 0 N–H and O–H groups in total. The van der Waals surface area contributed by atoms with Gasteiger partial charge in [-0.1, -0.05) is 12.1 Å². The number of piperidine rings is 1. The van der Waals surface area contributed by atoms with Gasteiger partial charge in [0.2, 0.25) is 11.7 Å². The number of hydrogen-bond acceptors (Lipinski definition) is 5. The molecule has 0 atom stereocenters. The molecule has 1 amide bonds. The predicted molar refractivity (Wildman–Crippen MR) is 119 cm³/mol. The van der Waals surface area contributed by atoms with Crippen molar-refractivity contribution in [3.63, 3.8) is 0 Å². The average Bonchev–Trinajstić information content (AvgIpc) is 3.26. The van der Waals surface area contributed by atoms with E-state index < -0.39 is 12.0 Å². The maximum absolute atomic E-state index is 13.4. The Bertz CT molecular complexity index is 1150. The lowest BCUT2D eigenvalue weighted by atomic mass is 9.88. The molecule has 0 saturated carbocycles. The van der Waals surface area contributed by atoms with Crippen LogP contribution in [0.2, 0.25) is 0 Å². The Morgan fingerprint density at radius 2 is 1.97 bits per heavy atom. The van der Waals surface area contributed by atoms with Gasteiger partial charge in [-0.2, -0.15) is 18.3 Å². The number of carbonyl (C=O) groups is 1. The number of alkyl halides is 3. The first-order valence-electron chi connectivity index (χ1n) is 11.1. The van der Waals surface area contributed by atoms with E-state index in [2.05, 4.69) is 15.1 Å². The van der Waals surface area contributed by atoms with Crippen LogP contribution >= 0.6 is 0 Å². The van der Waals surface area contributed by atoms with E-state index in [1.807, 2.05) is 19.2 Å². The number of ether oxygens (including phenoxy) is 1. The lowest BCUT2D eigenvalue weighted by Gasteiger charge is -2.32. The molecule has 4 rings (SSSR count). The van der Waals surface area contributed by atoms with Crippen molar-refractivity contribution < 1.29 is 22.7 Å². The number of aromatic nitrogens is 4. The number of methoxy groups -OCH3 is 1. The van der Waals surface area contributed by atoms with E-state index in [9.17, 15) is 18.0 Å². The molecular formula is C24H26F3N5O2. The lowest BCUT2D eigenvalue weighted by molar-refractivity contribution is -0.145. The van der Waals surface area contributed by atoms with E-state index in [0.717, 1.165) is 5.69 Å². The van der Waals surface area contributed by atoms with Crippen LogP contribution in [0.1, 0.15) is 42.4 Å². The van der Waals surface area contributed by atoms with Crippen LogP contribution in [0.4, 0.5) is 13.2 Å². The Balaban J connectivity index is 1.51. The zero-order valence-electron chi connectivity index (χ0n) is 19.0. The van der Waals surface area contributed by atoms with Gasteiger partial charge in [-0.05, 0) is 43.5 Å². The molecule has 34 heavy (non-hydrogen) atoms. The van der Waals surface area contributed by atoms with Crippen LogP contribution in [0.5, 0.6) is 5.75 Å². The Kier molecular flexibility index (Phi) is 6.85. The third-order valence-corrected chi connectivity index (χ3v) is 6.02. The molecule has 1 aliphatic rings. The minimum atomic E-state index is -4.64. The predicted octanol–water partition coefficient (Wildman–Crippen LogP) is 4.47. The third kappa shape index (κ3) is 5.37. The maximum Gasteiger partial charge on any atom is 0.451 e. The molecule has 0 bridgehead atoms. The zero-order chi connectivity index (χ0) is 24.3.